The van der Waals surface area contributed by atoms with Crippen LogP contribution in [0.3, 0.4) is 0 Å². The summed E-state index contributed by atoms with van der Waals surface area (Å²) in [6.45, 7) is 0.597. The van der Waals surface area contributed by atoms with E-state index in [2.05, 4.69) is 10.3 Å². The first-order valence-corrected chi connectivity index (χ1v) is 8.44. The van der Waals surface area contributed by atoms with Crippen molar-refractivity contribution in [2.45, 2.75) is 11.7 Å². The van der Waals surface area contributed by atoms with Gasteiger partial charge in [-0.25, -0.2) is 4.98 Å². The largest absolute Gasteiger partial charge is 0.350 e. The number of rotatable bonds is 5. The summed E-state index contributed by atoms with van der Waals surface area (Å²) >= 11 is 3.11. The molecule has 4 nitrogen and oxygen atoms in total. The zero-order valence-corrected chi connectivity index (χ0v) is 13.2. The summed E-state index contributed by atoms with van der Waals surface area (Å²) in [5, 5.41) is 5.80. The van der Waals surface area contributed by atoms with Gasteiger partial charge in [0.2, 0.25) is 5.91 Å². The molecule has 21 heavy (non-hydrogen) atoms. The van der Waals surface area contributed by atoms with E-state index in [9.17, 15) is 4.79 Å². The van der Waals surface area contributed by atoms with Gasteiger partial charge in [0.15, 0.2) is 5.16 Å². The molecule has 0 radical (unpaired) electrons. The Bertz CT molecular complexity index is 749. The molecule has 6 heteroatoms. The lowest BCUT2D eigenvalue weighted by molar-refractivity contribution is -0.118. The van der Waals surface area contributed by atoms with Gasteiger partial charge in [-0.3, -0.25) is 4.79 Å². The van der Waals surface area contributed by atoms with Crippen molar-refractivity contribution in [1.82, 2.24) is 14.9 Å². The molecule has 3 rings (SSSR count). The van der Waals surface area contributed by atoms with E-state index < -0.39 is 0 Å². The van der Waals surface area contributed by atoms with Crippen LogP contribution in [0, 0.1) is 0 Å². The molecular formula is C15H15N3OS2. The van der Waals surface area contributed by atoms with Gasteiger partial charge in [-0.1, -0.05) is 30.0 Å². The van der Waals surface area contributed by atoms with Crippen LogP contribution in [0.1, 0.15) is 4.88 Å². The monoisotopic (exact) mass is 317 g/mol. The highest BCUT2D eigenvalue weighted by Crippen LogP contribution is 2.22. The fourth-order valence-corrected chi connectivity index (χ4v) is 3.49. The highest BCUT2D eigenvalue weighted by atomic mass is 32.2. The molecule has 2 heterocycles. The third kappa shape index (κ3) is 3.28. The number of aryl methyl sites for hydroxylation is 1. The van der Waals surface area contributed by atoms with Crippen molar-refractivity contribution < 1.29 is 4.79 Å². The second-order valence-corrected chi connectivity index (χ2v) is 6.56. The molecule has 0 aliphatic heterocycles. The Labute approximate surface area is 131 Å². The summed E-state index contributed by atoms with van der Waals surface area (Å²) in [6.07, 6.45) is 0. The van der Waals surface area contributed by atoms with Crippen LogP contribution in [0.4, 0.5) is 0 Å². The third-order valence-corrected chi connectivity index (χ3v) is 5.02. The summed E-state index contributed by atoms with van der Waals surface area (Å²) < 4.78 is 2.02. The minimum Gasteiger partial charge on any atom is -0.350 e. The van der Waals surface area contributed by atoms with E-state index in [0.29, 0.717) is 12.3 Å². The molecular weight excluding hydrogens is 302 g/mol. The number of imidazole rings is 1. The van der Waals surface area contributed by atoms with E-state index in [1.807, 2.05) is 53.4 Å². The lowest BCUT2D eigenvalue weighted by atomic mass is 10.3. The Kier molecular flexibility index (Phi) is 4.26. The molecule has 0 unspecified atom stereocenters. The summed E-state index contributed by atoms with van der Waals surface area (Å²) in [6, 6.07) is 12.0. The maximum absolute atomic E-state index is 11.9. The topological polar surface area (TPSA) is 46.9 Å². The van der Waals surface area contributed by atoms with Crippen LogP contribution in [-0.2, 0) is 18.4 Å². The Balaban J connectivity index is 1.58. The molecule has 0 bridgehead atoms. The number of aromatic nitrogens is 2. The molecule has 1 aromatic carbocycles. The van der Waals surface area contributed by atoms with Crippen molar-refractivity contribution >= 4 is 40.0 Å². The van der Waals surface area contributed by atoms with E-state index in [4.69, 9.17) is 0 Å². The quantitative estimate of drug-likeness (QED) is 0.736. The number of amides is 1. The number of carbonyl (C=O) groups excluding carboxylic acids is 1. The number of benzene rings is 1. The van der Waals surface area contributed by atoms with E-state index in [-0.39, 0.29) is 5.91 Å². The van der Waals surface area contributed by atoms with Crippen LogP contribution in [-0.4, -0.2) is 21.2 Å². The van der Waals surface area contributed by atoms with Crippen LogP contribution < -0.4 is 5.32 Å². The smallest absolute Gasteiger partial charge is 0.230 e. The minimum atomic E-state index is 0.0282. The number of hydrogen-bond acceptors (Lipinski definition) is 4. The Hall–Kier alpha value is -1.79. The van der Waals surface area contributed by atoms with E-state index in [1.54, 1.807) is 11.3 Å². The maximum Gasteiger partial charge on any atom is 0.230 e. The lowest BCUT2D eigenvalue weighted by Crippen LogP contribution is -2.24. The number of carbonyl (C=O) groups is 1. The third-order valence-electron chi connectivity index (χ3n) is 3.12. The summed E-state index contributed by atoms with van der Waals surface area (Å²) in [4.78, 5) is 17.6. The predicted octanol–water partition coefficient (Wildman–Crippen LogP) is 3.04. The van der Waals surface area contributed by atoms with Crippen LogP contribution in [0.5, 0.6) is 0 Å². The maximum atomic E-state index is 11.9. The first-order valence-electron chi connectivity index (χ1n) is 6.57. The van der Waals surface area contributed by atoms with Crippen LogP contribution in [0.25, 0.3) is 11.0 Å². The van der Waals surface area contributed by atoms with Crippen LogP contribution in [0.15, 0.2) is 46.9 Å². The van der Waals surface area contributed by atoms with Gasteiger partial charge in [0, 0.05) is 11.9 Å². The van der Waals surface area contributed by atoms with Gasteiger partial charge in [0.25, 0.3) is 0 Å². The molecule has 2 aromatic heterocycles. The van der Waals surface area contributed by atoms with Crippen molar-refractivity contribution in [2.24, 2.45) is 7.05 Å². The Morgan fingerprint density at radius 2 is 2.19 bits per heavy atom. The Morgan fingerprint density at radius 1 is 1.33 bits per heavy atom. The van der Waals surface area contributed by atoms with E-state index >= 15 is 0 Å². The lowest BCUT2D eigenvalue weighted by Gasteiger charge is -2.04. The van der Waals surface area contributed by atoms with Crippen molar-refractivity contribution in [2.75, 3.05) is 5.75 Å². The predicted molar refractivity (Wildman–Crippen MR) is 87.6 cm³/mol. The number of nitrogens with one attached hydrogen (secondary N) is 1. The van der Waals surface area contributed by atoms with Gasteiger partial charge in [-0.05, 0) is 23.6 Å². The first-order chi connectivity index (χ1) is 10.2. The van der Waals surface area contributed by atoms with Gasteiger partial charge >= 0.3 is 0 Å². The summed E-state index contributed by atoms with van der Waals surface area (Å²) in [5.41, 5.74) is 2.04. The highest BCUT2D eigenvalue weighted by molar-refractivity contribution is 7.99. The molecule has 3 aromatic rings. The number of para-hydroxylation sites is 2. The normalized spacial score (nSPS) is 10.9. The zero-order chi connectivity index (χ0) is 14.7. The average Bonchev–Trinajstić information content (AvgIpc) is 3.12. The number of thioether (sulfide) groups is 1. The molecule has 0 spiro atoms. The van der Waals surface area contributed by atoms with Crippen LogP contribution in [0.2, 0.25) is 0 Å². The number of hydrogen-bond donors (Lipinski definition) is 1. The first kappa shape index (κ1) is 14.2. The van der Waals surface area contributed by atoms with Crippen molar-refractivity contribution in [3.63, 3.8) is 0 Å². The Morgan fingerprint density at radius 3 is 2.95 bits per heavy atom. The van der Waals surface area contributed by atoms with Gasteiger partial charge < -0.3 is 9.88 Å². The standard InChI is InChI=1S/C15H15N3OS2/c1-18-13-7-3-2-6-12(13)17-15(18)21-10-14(19)16-9-11-5-4-8-20-11/h2-8H,9-10H2,1H3,(H,16,19). The van der Waals surface area contributed by atoms with Crippen LogP contribution >= 0.6 is 23.1 Å². The fourth-order valence-electron chi connectivity index (χ4n) is 2.03. The second-order valence-electron chi connectivity index (χ2n) is 4.59. The molecule has 1 N–H and O–H groups in total. The molecule has 108 valence electrons. The van der Waals surface area contributed by atoms with E-state index in [0.717, 1.165) is 21.1 Å². The molecule has 0 aliphatic rings. The molecule has 0 saturated heterocycles. The van der Waals surface area contributed by atoms with Gasteiger partial charge in [0.05, 0.1) is 23.3 Å². The molecule has 0 atom stereocenters. The number of thiophene rings is 1. The van der Waals surface area contributed by atoms with Gasteiger partial charge in [-0.2, -0.15) is 0 Å². The average molecular weight is 317 g/mol. The SMILES string of the molecule is Cn1c(SCC(=O)NCc2cccs2)nc2ccccc21. The summed E-state index contributed by atoms with van der Waals surface area (Å²) in [5.74, 6) is 0.406. The van der Waals surface area contributed by atoms with Gasteiger partial charge in [-0.15, -0.1) is 11.3 Å². The fraction of sp³-hybridized carbons (Fsp3) is 0.200. The zero-order valence-electron chi connectivity index (χ0n) is 11.6. The molecule has 1 amide bonds. The molecule has 0 saturated carbocycles. The number of nitrogens with zero attached hydrogens (tertiary/aromatic N) is 2. The summed E-state index contributed by atoms with van der Waals surface area (Å²) in [7, 11) is 1.97. The second kappa shape index (κ2) is 6.32. The highest BCUT2D eigenvalue weighted by Gasteiger charge is 2.10. The number of fused-ring (bicyclic) bond motifs is 1. The van der Waals surface area contributed by atoms with E-state index in [1.165, 1.54) is 11.8 Å². The van der Waals surface area contributed by atoms with Crippen molar-refractivity contribution in [3.8, 4) is 0 Å². The molecule has 0 aliphatic carbocycles. The minimum absolute atomic E-state index is 0.0282. The van der Waals surface area contributed by atoms with Gasteiger partial charge in [0.1, 0.15) is 0 Å². The van der Waals surface area contributed by atoms with Crippen molar-refractivity contribution in [1.29, 1.82) is 0 Å². The van der Waals surface area contributed by atoms with Crippen molar-refractivity contribution in [3.05, 3.63) is 46.7 Å². The molecule has 0 fully saturated rings.